The first-order chi connectivity index (χ1) is 13.1. The lowest BCUT2D eigenvalue weighted by Gasteiger charge is -2.17. The van der Waals surface area contributed by atoms with E-state index in [1.54, 1.807) is 38.5 Å². The molecule has 0 spiro atoms. The van der Waals surface area contributed by atoms with E-state index in [4.69, 9.17) is 25.8 Å². The molecule has 2 aromatic carbocycles. The van der Waals surface area contributed by atoms with Crippen LogP contribution in [0.25, 0.3) is 0 Å². The summed E-state index contributed by atoms with van der Waals surface area (Å²) in [6.07, 6.45) is 1.71. The molecule has 1 amide bonds. The fourth-order valence-corrected chi connectivity index (χ4v) is 2.78. The fraction of sp³-hybridized carbons (Fsp3) is 0.381. The number of nitrogens with one attached hydrogen (secondary N) is 1. The quantitative estimate of drug-likeness (QED) is 0.615. The topological polar surface area (TPSA) is 56.8 Å². The Bertz CT molecular complexity index is 733. The first kappa shape index (κ1) is 20.9. The molecular formula is C21H26ClNO4. The fourth-order valence-electron chi connectivity index (χ4n) is 2.65. The van der Waals surface area contributed by atoms with E-state index in [0.717, 1.165) is 18.4 Å². The summed E-state index contributed by atoms with van der Waals surface area (Å²) in [5, 5.41) is 3.58. The predicted octanol–water partition coefficient (Wildman–Crippen LogP) is 4.26. The Labute approximate surface area is 165 Å². The highest BCUT2D eigenvalue weighted by atomic mass is 35.5. The molecule has 0 saturated carbocycles. The number of aryl methyl sites for hydroxylation is 1. The zero-order valence-electron chi connectivity index (χ0n) is 16.0. The zero-order valence-corrected chi connectivity index (χ0v) is 16.7. The summed E-state index contributed by atoms with van der Waals surface area (Å²) in [6.45, 7) is 2.50. The van der Waals surface area contributed by atoms with E-state index >= 15 is 0 Å². The van der Waals surface area contributed by atoms with Crippen molar-refractivity contribution in [1.82, 2.24) is 5.32 Å². The summed E-state index contributed by atoms with van der Waals surface area (Å²) in [5.74, 6) is 1.94. The molecule has 2 aromatic rings. The van der Waals surface area contributed by atoms with Crippen molar-refractivity contribution in [3.8, 4) is 17.2 Å². The standard InChI is InChI=1S/C21H26ClNO4/c1-4-18(27-17-10-8-16(22)9-11-17)21(24)23-13-5-6-15-7-12-19(25-2)20(14-15)26-3/h7-12,14,18H,4-6,13H2,1-3H3,(H,23,24)/t18-/m0/s1. The molecule has 146 valence electrons. The number of halogens is 1. The third-order valence-electron chi connectivity index (χ3n) is 4.14. The molecule has 0 radical (unpaired) electrons. The molecule has 0 unspecified atom stereocenters. The maximum absolute atomic E-state index is 12.3. The summed E-state index contributed by atoms with van der Waals surface area (Å²) in [6, 6.07) is 12.8. The maximum Gasteiger partial charge on any atom is 0.261 e. The van der Waals surface area contributed by atoms with Gasteiger partial charge in [-0.25, -0.2) is 0 Å². The van der Waals surface area contributed by atoms with E-state index in [-0.39, 0.29) is 5.91 Å². The van der Waals surface area contributed by atoms with Gasteiger partial charge in [-0.3, -0.25) is 4.79 Å². The molecule has 0 bridgehead atoms. The third-order valence-corrected chi connectivity index (χ3v) is 4.40. The van der Waals surface area contributed by atoms with Crippen molar-refractivity contribution in [3.63, 3.8) is 0 Å². The number of carbonyl (C=O) groups is 1. The highest BCUT2D eigenvalue weighted by molar-refractivity contribution is 6.30. The van der Waals surface area contributed by atoms with Crippen LogP contribution in [0.1, 0.15) is 25.3 Å². The van der Waals surface area contributed by atoms with E-state index in [1.807, 2.05) is 25.1 Å². The van der Waals surface area contributed by atoms with Gasteiger partial charge < -0.3 is 19.5 Å². The zero-order chi connectivity index (χ0) is 19.6. The minimum Gasteiger partial charge on any atom is -0.493 e. The molecule has 0 aromatic heterocycles. The van der Waals surface area contributed by atoms with Crippen LogP contribution in [-0.2, 0) is 11.2 Å². The number of benzene rings is 2. The second-order valence-electron chi connectivity index (χ2n) is 6.05. The average molecular weight is 392 g/mol. The Kier molecular flexibility index (Phi) is 8.27. The Morgan fingerprint density at radius 3 is 2.41 bits per heavy atom. The minimum atomic E-state index is -0.521. The lowest BCUT2D eigenvalue weighted by Crippen LogP contribution is -2.38. The van der Waals surface area contributed by atoms with Gasteiger partial charge in [-0.1, -0.05) is 24.6 Å². The summed E-state index contributed by atoms with van der Waals surface area (Å²) in [4.78, 5) is 12.3. The van der Waals surface area contributed by atoms with Crippen LogP contribution >= 0.6 is 11.6 Å². The van der Waals surface area contributed by atoms with Crippen molar-refractivity contribution >= 4 is 17.5 Å². The van der Waals surface area contributed by atoms with Gasteiger partial charge in [-0.15, -0.1) is 0 Å². The third kappa shape index (κ3) is 6.36. The van der Waals surface area contributed by atoms with Crippen molar-refractivity contribution in [3.05, 3.63) is 53.1 Å². The van der Waals surface area contributed by atoms with Gasteiger partial charge in [0.2, 0.25) is 0 Å². The van der Waals surface area contributed by atoms with Crippen LogP contribution in [0, 0.1) is 0 Å². The molecule has 0 saturated heterocycles. The van der Waals surface area contributed by atoms with Crippen LogP contribution in [0.4, 0.5) is 0 Å². The van der Waals surface area contributed by atoms with E-state index in [9.17, 15) is 4.79 Å². The van der Waals surface area contributed by atoms with Crippen LogP contribution in [0.2, 0.25) is 5.02 Å². The number of rotatable bonds is 10. The smallest absolute Gasteiger partial charge is 0.261 e. The Hall–Kier alpha value is -2.40. The number of ether oxygens (including phenoxy) is 3. The number of hydrogen-bond donors (Lipinski definition) is 1. The van der Waals surface area contributed by atoms with Gasteiger partial charge in [0.15, 0.2) is 17.6 Å². The first-order valence-electron chi connectivity index (χ1n) is 8.98. The second-order valence-corrected chi connectivity index (χ2v) is 6.49. The van der Waals surface area contributed by atoms with E-state index in [0.29, 0.717) is 35.2 Å². The second kappa shape index (κ2) is 10.7. The molecule has 2 rings (SSSR count). The van der Waals surface area contributed by atoms with Gasteiger partial charge in [0.1, 0.15) is 5.75 Å². The van der Waals surface area contributed by atoms with Crippen molar-refractivity contribution < 1.29 is 19.0 Å². The molecule has 1 N–H and O–H groups in total. The van der Waals surface area contributed by atoms with Crippen LogP contribution in [0.3, 0.4) is 0 Å². The molecule has 5 nitrogen and oxygen atoms in total. The Morgan fingerprint density at radius 1 is 1.07 bits per heavy atom. The van der Waals surface area contributed by atoms with Crippen LogP contribution in [0.5, 0.6) is 17.2 Å². The molecule has 0 aliphatic rings. The summed E-state index contributed by atoms with van der Waals surface area (Å²) in [5.41, 5.74) is 1.13. The van der Waals surface area contributed by atoms with Gasteiger partial charge in [0, 0.05) is 11.6 Å². The van der Waals surface area contributed by atoms with E-state index in [1.165, 1.54) is 0 Å². The molecule has 0 fully saturated rings. The van der Waals surface area contributed by atoms with Crippen molar-refractivity contribution in [1.29, 1.82) is 0 Å². The van der Waals surface area contributed by atoms with Crippen LogP contribution < -0.4 is 19.5 Å². The predicted molar refractivity (Wildman–Crippen MR) is 107 cm³/mol. The van der Waals surface area contributed by atoms with Crippen molar-refractivity contribution in [2.75, 3.05) is 20.8 Å². The van der Waals surface area contributed by atoms with Crippen LogP contribution in [-0.4, -0.2) is 32.8 Å². The first-order valence-corrected chi connectivity index (χ1v) is 9.36. The van der Waals surface area contributed by atoms with Gasteiger partial charge >= 0.3 is 0 Å². The highest BCUT2D eigenvalue weighted by Gasteiger charge is 2.17. The average Bonchev–Trinajstić information content (AvgIpc) is 2.70. The Balaban J connectivity index is 1.79. The lowest BCUT2D eigenvalue weighted by molar-refractivity contribution is -0.128. The van der Waals surface area contributed by atoms with Crippen molar-refractivity contribution in [2.45, 2.75) is 32.3 Å². The van der Waals surface area contributed by atoms with Crippen molar-refractivity contribution in [2.24, 2.45) is 0 Å². The number of methoxy groups -OCH3 is 2. The monoisotopic (exact) mass is 391 g/mol. The molecule has 6 heteroatoms. The summed E-state index contributed by atoms with van der Waals surface area (Å²) >= 11 is 5.87. The van der Waals surface area contributed by atoms with E-state index < -0.39 is 6.10 Å². The van der Waals surface area contributed by atoms with Gasteiger partial charge in [0.25, 0.3) is 5.91 Å². The number of hydrogen-bond acceptors (Lipinski definition) is 4. The summed E-state index contributed by atoms with van der Waals surface area (Å²) < 4.78 is 16.3. The maximum atomic E-state index is 12.3. The van der Waals surface area contributed by atoms with Gasteiger partial charge in [-0.2, -0.15) is 0 Å². The number of amides is 1. The molecule has 0 aliphatic carbocycles. The molecular weight excluding hydrogens is 366 g/mol. The van der Waals surface area contributed by atoms with E-state index in [2.05, 4.69) is 5.32 Å². The molecule has 1 atom stereocenters. The molecule has 0 heterocycles. The van der Waals surface area contributed by atoms with Gasteiger partial charge in [-0.05, 0) is 61.2 Å². The molecule has 0 aliphatic heterocycles. The molecule has 27 heavy (non-hydrogen) atoms. The SMILES string of the molecule is CC[C@H](Oc1ccc(Cl)cc1)C(=O)NCCCc1ccc(OC)c(OC)c1. The number of carbonyl (C=O) groups excluding carboxylic acids is 1. The lowest BCUT2D eigenvalue weighted by atomic mass is 10.1. The Morgan fingerprint density at radius 2 is 1.78 bits per heavy atom. The highest BCUT2D eigenvalue weighted by Crippen LogP contribution is 2.27. The minimum absolute atomic E-state index is 0.111. The van der Waals surface area contributed by atoms with Crippen LogP contribution in [0.15, 0.2) is 42.5 Å². The summed E-state index contributed by atoms with van der Waals surface area (Å²) in [7, 11) is 3.23. The largest absolute Gasteiger partial charge is 0.493 e. The van der Waals surface area contributed by atoms with Gasteiger partial charge in [0.05, 0.1) is 14.2 Å². The normalized spacial score (nSPS) is 11.6.